The van der Waals surface area contributed by atoms with Gasteiger partial charge in [-0.25, -0.2) is 0 Å². The molecule has 1 atom stereocenters. The zero-order valence-corrected chi connectivity index (χ0v) is 13.1. The highest BCUT2D eigenvalue weighted by Crippen LogP contribution is 2.07. The Labute approximate surface area is 129 Å². The first-order valence-corrected chi connectivity index (χ1v) is 7.08. The van der Waals surface area contributed by atoms with Crippen molar-refractivity contribution in [3.8, 4) is 0 Å². The Balaban J connectivity index is 2.11. The van der Waals surface area contributed by atoms with Crippen molar-refractivity contribution < 1.29 is 24.2 Å². The first-order valence-electron chi connectivity index (χ1n) is 7.08. The molecule has 0 aliphatic carbocycles. The number of carbonyl (C=O) groups excluding carboxylic acids is 3. The van der Waals surface area contributed by atoms with Crippen LogP contribution in [-0.4, -0.2) is 59.4 Å². The summed E-state index contributed by atoms with van der Waals surface area (Å²) in [7, 11) is 0. The van der Waals surface area contributed by atoms with E-state index in [4.69, 9.17) is 4.74 Å². The standard InChI is InChI=1S/C14H23N3O5/c1-14(2,3)22-13(21)16-8-7-15-10(18)6-9-17-11(19)4-5-12(17)20/h4-5,13,16,21H,6-9H2,1-3H3,(H,15,18). The first-order chi connectivity index (χ1) is 10.2. The average molecular weight is 313 g/mol. The minimum atomic E-state index is -1.11. The number of aliphatic hydroxyl groups is 1. The molecule has 0 aromatic heterocycles. The molecule has 22 heavy (non-hydrogen) atoms. The second-order valence-corrected chi connectivity index (χ2v) is 5.80. The molecule has 0 fully saturated rings. The molecule has 0 saturated carbocycles. The molecule has 1 unspecified atom stereocenters. The number of ether oxygens (including phenoxy) is 1. The molecule has 3 N–H and O–H groups in total. The third-order valence-corrected chi connectivity index (χ3v) is 2.69. The normalized spacial score (nSPS) is 16.3. The predicted molar refractivity (Wildman–Crippen MR) is 78.3 cm³/mol. The number of rotatable bonds is 8. The molecule has 0 saturated heterocycles. The van der Waals surface area contributed by atoms with Gasteiger partial charge < -0.3 is 15.2 Å². The van der Waals surface area contributed by atoms with E-state index in [1.165, 1.54) is 12.2 Å². The lowest BCUT2D eigenvalue weighted by atomic mass is 10.2. The zero-order chi connectivity index (χ0) is 16.8. The molecule has 3 amide bonds. The van der Waals surface area contributed by atoms with Gasteiger partial charge in [0.15, 0.2) is 0 Å². The molecule has 0 aromatic rings. The van der Waals surface area contributed by atoms with Crippen molar-refractivity contribution in [2.45, 2.75) is 39.2 Å². The highest BCUT2D eigenvalue weighted by molar-refractivity contribution is 6.13. The van der Waals surface area contributed by atoms with Crippen molar-refractivity contribution in [1.29, 1.82) is 0 Å². The van der Waals surface area contributed by atoms with Gasteiger partial charge in [-0.05, 0) is 20.8 Å². The number of nitrogens with zero attached hydrogens (tertiary/aromatic N) is 1. The average Bonchev–Trinajstić information content (AvgIpc) is 2.70. The quantitative estimate of drug-likeness (QED) is 0.304. The smallest absolute Gasteiger partial charge is 0.253 e. The van der Waals surface area contributed by atoms with Gasteiger partial charge in [0.1, 0.15) is 0 Å². The minimum Gasteiger partial charge on any atom is -0.356 e. The van der Waals surface area contributed by atoms with Crippen molar-refractivity contribution in [2.75, 3.05) is 19.6 Å². The molecule has 0 aromatic carbocycles. The van der Waals surface area contributed by atoms with E-state index in [9.17, 15) is 19.5 Å². The second-order valence-electron chi connectivity index (χ2n) is 5.80. The van der Waals surface area contributed by atoms with E-state index in [2.05, 4.69) is 10.6 Å². The topological polar surface area (TPSA) is 108 Å². The number of aliphatic hydroxyl groups excluding tert-OH is 1. The highest BCUT2D eigenvalue weighted by atomic mass is 16.6. The Kier molecular flexibility index (Phi) is 6.66. The van der Waals surface area contributed by atoms with Crippen molar-refractivity contribution in [1.82, 2.24) is 15.5 Å². The summed E-state index contributed by atoms with van der Waals surface area (Å²) in [4.78, 5) is 35.2. The Bertz CT molecular complexity index is 438. The van der Waals surface area contributed by atoms with Gasteiger partial charge in [-0.2, -0.15) is 0 Å². The van der Waals surface area contributed by atoms with Crippen LogP contribution >= 0.6 is 0 Å². The van der Waals surface area contributed by atoms with E-state index in [1.807, 2.05) is 20.8 Å². The van der Waals surface area contributed by atoms with Crippen LogP contribution in [0.2, 0.25) is 0 Å². The number of carbonyl (C=O) groups is 3. The van der Waals surface area contributed by atoms with Crippen LogP contribution in [0.1, 0.15) is 27.2 Å². The van der Waals surface area contributed by atoms with Crippen LogP contribution in [0.3, 0.4) is 0 Å². The van der Waals surface area contributed by atoms with Gasteiger partial charge in [0.25, 0.3) is 11.8 Å². The monoisotopic (exact) mass is 313 g/mol. The van der Waals surface area contributed by atoms with Crippen molar-refractivity contribution >= 4 is 17.7 Å². The minimum absolute atomic E-state index is 0.0419. The third kappa shape index (κ3) is 6.79. The molecule has 0 radical (unpaired) electrons. The van der Waals surface area contributed by atoms with Gasteiger partial charge in [0, 0.05) is 38.2 Å². The van der Waals surface area contributed by atoms with Crippen molar-refractivity contribution in [3.05, 3.63) is 12.2 Å². The fourth-order valence-corrected chi connectivity index (χ4v) is 1.73. The molecule has 1 aliphatic rings. The van der Waals surface area contributed by atoms with E-state index in [-0.39, 0.29) is 18.9 Å². The summed E-state index contributed by atoms with van der Waals surface area (Å²) in [6.07, 6.45) is 1.30. The zero-order valence-electron chi connectivity index (χ0n) is 13.1. The van der Waals surface area contributed by atoms with Crippen LogP contribution in [0.25, 0.3) is 0 Å². The molecule has 0 bridgehead atoms. The largest absolute Gasteiger partial charge is 0.356 e. The summed E-state index contributed by atoms with van der Waals surface area (Å²) in [6, 6.07) is 0. The van der Waals surface area contributed by atoms with Crippen LogP contribution in [-0.2, 0) is 19.1 Å². The van der Waals surface area contributed by atoms with E-state index < -0.39 is 23.8 Å². The second kappa shape index (κ2) is 8.02. The van der Waals surface area contributed by atoms with E-state index >= 15 is 0 Å². The maximum Gasteiger partial charge on any atom is 0.253 e. The summed E-state index contributed by atoms with van der Waals surface area (Å²) in [5.74, 6) is -1.08. The lowest BCUT2D eigenvalue weighted by Crippen LogP contribution is -2.42. The maximum atomic E-state index is 11.6. The SMILES string of the molecule is CC(C)(C)OC(O)NCCNC(=O)CCN1C(=O)C=CC1=O. The highest BCUT2D eigenvalue weighted by Gasteiger charge is 2.23. The van der Waals surface area contributed by atoms with Gasteiger partial charge in [0.2, 0.25) is 12.3 Å². The molecule has 0 spiro atoms. The van der Waals surface area contributed by atoms with Crippen LogP contribution in [0, 0.1) is 0 Å². The fourth-order valence-electron chi connectivity index (χ4n) is 1.73. The number of hydrogen-bond acceptors (Lipinski definition) is 6. The number of hydrogen-bond donors (Lipinski definition) is 3. The molecule has 8 nitrogen and oxygen atoms in total. The Morgan fingerprint density at radius 2 is 1.86 bits per heavy atom. The molecule has 1 heterocycles. The molecular weight excluding hydrogens is 290 g/mol. The summed E-state index contributed by atoms with van der Waals surface area (Å²) < 4.78 is 5.23. The van der Waals surface area contributed by atoms with Gasteiger partial charge >= 0.3 is 0 Å². The lowest BCUT2D eigenvalue weighted by Gasteiger charge is -2.24. The van der Waals surface area contributed by atoms with Gasteiger partial charge in [-0.15, -0.1) is 0 Å². The van der Waals surface area contributed by atoms with Crippen LogP contribution in [0.4, 0.5) is 0 Å². The van der Waals surface area contributed by atoms with Gasteiger partial charge in [-0.1, -0.05) is 0 Å². The van der Waals surface area contributed by atoms with Gasteiger partial charge in [-0.3, -0.25) is 24.6 Å². The van der Waals surface area contributed by atoms with E-state index in [0.717, 1.165) is 4.90 Å². The van der Waals surface area contributed by atoms with E-state index in [0.29, 0.717) is 13.1 Å². The number of nitrogens with one attached hydrogen (secondary N) is 2. The van der Waals surface area contributed by atoms with Crippen molar-refractivity contribution in [2.24, 2.45) is 0 Å². The Hall–Kier alpha value is -1.77. The first kappa shape index (κ1) is 18.3. The maximum absolute atomic E-state index is 11.6. The molecule has 8 heteroatoms. The van der Waals surface area contributed by atoms with Crippen LogP contribution in [0.5, 0.6) is 0 Å². The predicted octanol–water partition coefficient (Wildman–Crippen LogP) is -0.902. The Morgan fingerprint density at radius 3 is 2.41 bits per heavy atom. The molecule has 1 aliphatic heterocycles. The Morgan fingerprint density at radius 1 is 1.27 bits per heavy atom. The summed E-state index contributed by atoms with van der Waals surface area (Å²) >= 11 is 0. The molecular formula is C14H23N3O5. The molecule has 1 rings (SSSR count). The summed E-state index contributed by atoms with van der Waals surface area (Å²) in [6.45, 7) is 6.12. The molecule has 124 valence electrons. The lowest BCUT2D eigenvalue weighted by molar-refractivity contribution is -0.181. The van der Waals surface area contributed by atoms with Crippen molar-refractivity contribution in [3.63, 3.8) is 0 Å². The summed E-state index contributed by atoms with van der Waals surface area (Å²) in [5.41, 5.74) is -0.474. The number of amides is 3. The number of imide groups is 1. The summed E-state index contributed by atoms with van der Waals surface area (Å²) in [5, 5.41) is 14.8. The van der Waals surface area contributed by atoms with Crippen LogP contribution < -0.4 is 10.6 Å². The van der Waals surface area contributed by atoms with Gasteiger partial charge in [0.05, 0.1) is 5.60 Å². The van der Waals surface area contributed by atoms with Crippen LogP contribution in [0.15, 0.2) is 12.2 Å². The fraction of sp³-hybridized carbons (Fsp3) is 0.643. The third-order valence-electron chi connectivity index (χ3n) is 2.69. The van der Waals surface area contributed by atoms with E-state index in [1.54, 1.807) is 0 Å².